The second-order valence-electron chi connectivity index (χ2n) is 6.16. The van der Waals surface area contributed by atoms with Crippen LogP contribution in [0, 0.1) is 0 Å². The molecule has 1 heterocycles. The SMILES string of the molecule is CC(C)Oc1ccc(C2CC(c3cccc(N)c3)NN2)cc1Br. The molecule has 0 amide bonds. The van der Waals surface area contributed by atoms with Gasteiger partial charge in [-0.1, -0.05) is 18.2 Å². The molecule has 0 spiro atoms. The van der Waals surface area contributed by atoms with Crippen LogP contribution in [0.1, 0.15) is 43.5 Å². The lowest BCUT2D eigenvalue weighted by atomic mass is 9.97. The maximum Gasteiger partial charge on any atom is 0.133 e. The summed E-state index contributed by atoms with van der Waals surface area (Å²) in [5, 5.41) is 0. The summed E-state index contributed by atoms with van der Waals surface area (Å²) in [7, 11) is 0. The molecule has 2 aromatic carbocycles. The van der Waals surface area contributed by atoms with E-state index in [9.17, 15) is 0 Å². The molecule has 3 rings (SSSR count). The van der Waals surface area contributed by atoms with Gasteiger partial charge in [-0.05, 0) is 71.6 Å². The molecule has 5 heteroatoms. The lowest BCUT2D eigenvalue weighted by Gasteiger charge is -2.15. The molecule has 2 unspecified atom stereocenters. The fraction of sp³-hybridized carbons (Fsp3) is 0.333. The Bertz CT molecular complexity index is 690. The highest BCUT2D eigenvalue weighted by Gasteiger charge is 2.26. The summed E-state index contributed by atoms with van der Waals surface area (Å²) in [6.45, 7) is 4.05. The maximum absolute atomic E-state index is 5.88. The largest absolute Gasteiger partial charge is 0.490 e. The fourth-order valence-corrected chi connectivity index (χ4v) is 3.34. The van der Waals surface area contributed by atoms with Gasteiger partial charge in [-0.3, -0.25) is 0 Å². The first-order valence-corrected chi connectivity index (χ1v) is 8.65. The van der Waals surface area contributed by atoms with Gasteiger partial charge in [0, 0.05) is 17.8 Å². The van der Waals surface area contributed by atoms with Crippen molar-refractivity contribution in [2.45, 2.75) is 38.5 Å². The molecule has 0 radical (unpaired) electrons. The van der Waals surface area contributed by atoms with Crippen molar-refractivity contribution < 1.29 is 4.74 Å². The van der Waals surface area contributed by atoms with E-state index in [1.54, 1.807) is 0 Å². The van der Waals surface area contributed by atoms with E-state index in [-0.39, 0.29) is 18.2 Å². The molecular formula is C18H22BrN3O. The summed E-state index contributed by atoms with van der Waals surface area (Å²) >= 11 is 3.60. The minimum absolute atomic E-state index is 0.163. The number of nitrogens with two attached hydrogens (primary N) is 1. The molecule has 23 heavy (non-hydrogen) atoms. The Morgan fingerprint density at radius 1 is 1.09 bits per heavy atom. The van der Waals surface area contributed by atoms with E-state index in [1.165, 1.54) is 11.1 Å². The molecule has 0 aromatic heterocycles. The molecule has 0 aliphatic carbocycles. The van der Waals surface area contributed by atoms with Gasteiger partial charge in [-0.25, -0.2) is 10.9 Å². The monoisotopic (exact) mass is 375 g/mol. The molecule has 4 N–H and O–H groups in total. The van der Waals surface area contributed by atoms with Crippen molar-refractivity contribution in [3.8, 4) is 5.75 Å². The highest BCUT2D eigenvalue weighted by molar-refractivity contribution is 9.10. The van der Waals surface area contributed by atoms with Crippen molar-refractivity contribution in [2.24, 2.45) is 0 Å². The Morgan fingerprint density at radius 3 is 2.39 bits per heavy atom. The summed E-state index contributed by atoms with van der Waals surface area (Å²) in [5.74, 6) is 0.877. The third kappa shape index (κ3) is 3.86. The number of halogens is 1. The van der Waals surface area contributed by atoms with Crippen LogP contribution in [0.2, 0.25) is 0 Å². The van der Waals surface area contributed by atoms with Gasteiger partial charge in [0.2, 0.25) is 0 Å². The molecule has 2 atom stereocenters. The van der Waals surface area contributed by atoms with Crippen molar-refractivity contribution in [3.05, 3.63) is 58.1 Å². The van der Waals surface area contributed by atoms with Gasteiger partial charge in [-0.2, -0.15) is 0 Å². The zero-order valence-corrected chi connectivity index (χ0v) is 14.9. The molecule has 1 saturated heterocycles. The summed E-state index contributed by atoms with van der Waals surface area (Å²) in [5.41, 5.74) is 15.9. The standard InChI is InChI=1S/C18H22BrN3O/c1-11(2)23-18-7-6-13(9-15(18)19)17-10-16(21-22-17)12-4-3-5-14(20)8-12/h3-9,11,16-17,21-22H,10,20H2,1-2H3. The second kappa shape index (κ2) is 6.91. The van der Waals surface area contributed by atoms with Crippen LogP contribution in [-0.2, 0) is 0 Å². The molecule has 122 valence electrons. The van der Waals surface area contributed by atoms with Crippen LogP contribution >= 0.6 is 15.9 Å². The zero-order valence-electron chi connectivity index (χ0n) is 13.3. The number of rotatable bonds is 4. The Morgan fingerprint density at radius 2 is 1.78 bits per heavy atom. The highest BCUT2D eigenvalue weighted by atomic mass is 79.9. The molecule has 1 aliphatic rings. The summed E-state index contributed by atoms with van der Waals surface area (Å²) in [4.78, 5) is 0. The smallest absolute Gasteiger partial charge is 0.133 e. The average molecular weight is 376 g/mol. The average Bonchev–Trinajstić information content (AvgIpc) is 2.99. The van der Waals surface area contributed by atoms with Gasteiger partial charge in [0.1, 0.15) is 5.75 Å². The summed E-state index contributed by atoms with van der Waals surface area (Å²) in [6, 6.07) is 14.8. The number of nitrogens with one attached hydrogen (secondary N) is 2. The lowest BCUT2D eigenvalue weighted by Crippen LogP contribution is -2.26. The van der Waals surface area contributed by atoms with Crippen molar-refractivity contribution in [1.29, 1.82) is 0 Å². The first-order valence-electron chi connectivity index (χ1n) is 7.85. The Balaban J connectivity index is 1.73. The third-order valence-corrected chi connectivity index (χ3v) is 4.56. The van der Waals surface area contributed by atoms with Gasteiger partial charge >= 0.3 is 0 Å². The summed E-state index contributed by atoms with van der Waals surface area (Å²) < 4.78 is 6.75. The molecule has 1 aliphatic heterocycles. The Kier molecular flexibility index (Phi) is 4.90. The number of anilines is 1. The quantitative estimate of drug-likeness (QED) is 0.704. The number of benzene rings is 2. The number of hydrogen-bond acceptors (Lipinski definition) is 4. The topological polar surface area (TPSA) is 59.3 Å². The first kappa shape index (κ1) is 16.3. The van der Waals surface area contributed by atoms with Crippen LogP contribution in [0.3, 0.4) is 0 Å². The van der Waals surface area contributed by atoms with Gasteiger partial charge in [-0.15, -0.1) is 0 Å². The number of hydrogen-bond donors (Lipinski definition) is 3. The maximum atomic E-state index is 5.88. The molecule has 2 aromatic rings. The molecule has 0 bridgehead atoms. The van der Waals surface area contributed by atoms with Gasteiger partial charge in [0.05, 0.1) is 10.6 Å². The molecule has 1 fully saturated rings. The predicted octanol–water partition coefficient (Wildman–Crippen LogP) is 4.10. The van der Waals surface area contributed by atoms with Crippen molar-refractivity contribution in [1.82, 2.24) is 10.9 Å². The van der Waals surface area contributed by atoms with Crippen molar-refractivity contribution in [2.75, 3.05) is 5.73 Å². The number of nitrogen functional groups attached to an aromatic ring is 1. The van der Waals surface area contributed by atoms with Crippen LogP contribution in [0.4, 0.5) is 5.69 Å². The third-order valence-electron chi connectivity index (χ3n) is 3.94. The van der Waals surface area contributed by atoms with E-state index in [0.29, 0.717) is 0 Å². The van der Waals surface area contributed by atoms with E-state index in [0.717, 1.165) is 22.3 Å². The van der Waals surface area contributed by atoms with Crippen molar-refractivity contribution in [3.63, 3.8) is 0 Å². The van der Waals surface area contributed by atoms with E-state index in [1.807, 2.05) is 38.1 Å². The summed E-state index contributed by atoms with van der Waals surface area (Å²) in [6.07, 6.45) is 1.14. The van der Waals surface area contributed by atoms with Gasteiger partial charge < -0.3 is 10.5 Å². The Hall–Kier alpha value is -1.56. The van der Waals surface area contributed by atoms with Crippen molar-refractivity contribution >= 4 is 21.6 Å². The van der Waals surface area contributed by atoms with Gasteiger partial charge in [0.15, 0.2) is 0 Å². The van der Waals surface area contributed by atoms with Gasteiger partial charge in [0.25, 0.3) is 0 Å². The van der Waals surface area contributed by atoms with Crippen LogP contribution in [0.5, 0.6) is 5.75 Å². The highest BCUT2D eigenvalue weighted by Crippen LogP contribution is 2.35. The first-order chi connectivity index (χ1) is 11.0. The lowest BCUT2D eigenvalue weighted by molar-refractivity contribution is 0.240. The normalized spacial score (nSPS) is 20.9. The van der Waals surface area contributed by atoms with Crippen LogP contribution < -0.4 is 21.3 Å². The number of ether oxygens (including phenoxy) is 1. The Labute approximate surface area is 145 Å². The molecule has 0 saturated carbocycles. The molecular weight excluding hydrogens is 354 g/mol. The fourth-order valence-electron chi connectivity index (χ4n) is 2.85. The van der Waals surface area contributed by atoms with E-state index < -0.39 is 0 Å². The minimum atomic E-state index is 0.163. The van der Waals surface area contributed by atoms with Crippen LogP contribution in [-0.4, -0.2) is 6.10 Å². The van der Waals surface area contributed by atoms with E-state index in [2.05, 4.69) is 45.0 Å². The van der Waals surface area contributed by atoms with E-state index in [4.69, 9.17) is 10.5 Å². The second-order valence-corrected chi connectivity index (χ2v) is 7.01. The van der Waals surface area contributed by atoms with Crippen LogP contribution in [0.15, 0.2) is 46.9 Å². The molecule has 4 nitrogen and oxygen atoms in total. The minimum Gasteiger partial charge on any atom is -0.490 e. The predicted molar refractivity (Wildman–Crippen MR) is 97.1 cm³/mol. The van der Waals surface area contributed by atoms with Crippen LogP contribution in [0.25, 0.3) is 0 Å². The van der Waals surface area contributed by atoms with E-state index >= 15 is 0 Å². The number of hydrazine groups is 1. The zero-order chi connectivity index (χ0) is 16.4.